The lowest BCUT2D eigenvalue weighted by Gasteiger charge is -2.44. The van der Waals surface area contributed by atoms with Crippen LogP contribution in [0.2, 0.25) is 5.04 Å². The Morgan fingerprint density at radius 1 is 0.634 bits per heavy atom. The van der Waals surface area contributed by atoms with E-state index in [-0.39, 0.29) is 23.2 Å². The Balaban J connectivity index is 1.58. The molecule has 0 fully saturated rings. The van der Waals surface area contributed by atoms with Crippen LogP contribution in [0.15, 0.2) is 109 Å². The molecule has 0 spiro atoms. The molecular formula is C38H44O2Si. The van der Waals surface area contributed by atoms with Gasteiger partial charge < -0.3 is 9.16 Å². The molecular weight excluding hydrogens is 517 g/mol. The van der Waals surface area contributed by atoms with Crippen molar-refractivity contribution in [2.75, 3.05) is 6.61 Å². The third-order valence-electron chi connectivity index (χ3n) is 8.30. The average Bonchev–Trinajstić information content (AvgIpc) is 2.93. The van der Waals surface area contributed by atoms with E-state index in [1.807, 2.05) is 0 Å². The van der Waals surface area contributed by atoms with Crippen molar-refractivity contribution in [1.29, 1.82) is 0 Å². The van der Waals surface area contributed by atoms with Crippen LogP contribution in [0.4, 0.5) is 0 Å². The zero-order chi connectivity index (χ0) is 29.2. The molecule has 3 atom stereocenters. The van der Waals surface area contributed by atoms with Gasteiger partial charge in [-0.2, -0.15) is 0 Å². The van der Waals surface area contributed by atoms with E-state index in [9.17, 15) is 0 Å². The molecule has 1 aliphatic rings. The SMILES string of the molecule is Cc1cc(C)cc([C@H]2C=C[C@H](c3cc(C)cc(C)c3)O[C@@H]2CO[Si](c2ccccc2)(c2ccccc2)C(C)(C)C)c1. The summed E-state index contributed by atoms with van der Waals surface area (Å²) in [6.45, 7) is 16.2. The predicted octanol–water partition coefficient (Wildman–Crippen LogP) is 8.28. The Hall–Kier alpha value is -3.24. The van der Waals surface area contributed by atoms with E-state index in [0.29, 0.717) is 6.61 Å². The van der Waals surface area contributed by atoms with E-state index >= 15 is 0 Å². The first-order valence-corrected chi connectivity index (χ1v) is 16.7. The van der Waals surface area contributed by atoms with Gasteiger partial charge in [-0.15, -0.1) is 0 Å². The van der Waals surface area contributed by atoms with Crippen LogP contribution in [0.5, 0.6) is 0 Å². The van der Waals surface area contributed by atoms with E-state index in [4.69, 9.17) is 9.16 Å². The molecule has 2 nitrogen and oxygen atoms in total. The molecule has 4 aromatic rings. The van der Waals surface area contributed by atoms with Crippen molar-refractivity contribution in [3.8, 4) is 0 Å². The van der Waals surface area contributed by atoms with Crippen molar-refractivity contribution in [3.63, 3.8) is 0 Å². The molecule has 0 aromatic heterocycles. The molecule has 0 aliphatic carbocycles. The van der Waals surface area contributed by atoms with Crippen LogP contribution in [0, 0.1) is 27.7 Å². The fourth-order valence-electron chi connectivity index (χ4n) is 6.67. The predicted molar refractivity (Wildman–Crippen MR) is 175 cm³/mol. The average molecular weight is 561 g/mol. The van der Waals surface area contributed by atoms with Gasteiger partial charge in [-0.1, -0.05) is 152 Å². The van der Waals surface area contributed by atoms with Gasteiger partial charge in [0.1, 0.15) is 6.10 Å². The minimum absolute atomic E-state index is 0.0946. The quantitative estimate of drug-likeness (QED) is 0.167. The zero-order valence-electron chi connectivity index (χ0n) is 25.6. The fraction of sp³-hybridized carbons (Fsp3) is 0.316. The summed E-state index contributed by atoms with van der Waals surface area (Å²) in [6.07, 6.45) is 4.37. The highest BCUT2D eigenvalue weighted by Crippen LogP contribution is 2.40. The van der Waals surface area contributed by atoms with Gasteiger partial charge in [0.05, 0.1) is 12.7 Å². The summed E-state index contributed by atoms with van der Waals surface area (Å²) in [5.41, 5.74) is 7.55. The van der Waals surface area contributed by atoms with Crippen LogP contribution in [0.25, 0.3) is 0 Å². The molecule has 1 aliphatic heterocycles. The van der Waals surface area contributed by atoms with Gasteiger partial charge >= 0.3 is 0 Å². The van der Waals surface area contributed by atoms with E-state index in [2.05, 4.69) is 158 Å². The van der Waals surface area contributed by atoms with Crippen LogP contribution < -0.4 is 10.4 Å². The first-order chi connectivity index (χ1) is 19.6. The standard InChI is InChI=1S/C38H44O2Si/c1-27-20-28(2)23-31(22-27)35-18-19-36(32-24-29(3)21-30(4)25-32)40-37(35)26-39-41(38(5,6)7,33-14-10-8-11-15-33)34-16-12-9-13-17-34/h8-25,35-37H,26H2,1-7H3/t35-,36-,37-/m1/s1. The third kappa shape index (κ3) is 6.18. The van der Waals surface area contributed by atoms with Crippen molar-refractivity contribution in [2.45, 2.75) is 71.6 Å². The molecule has 0 radical (unpaired) electrons. The summed E-state index contributed by atoms with van der Waals surface area (Å²) in [6, 6.07) is 35.3. The molecule has 3 heteroatoms. The maximum Gasteiger partial charge on any atom is 0.261 e. The van der Waals surface area contributed by atoms with E-state index in [1.54, 1.807) is 0 Å². The minimum Gasteiger partial charge on any atom is -0.405 e. The Morgan fingerprint density at radius 3 is 1.56 bits per heavy atom. The maximum atomic E-state index is 7.43. The van der Waals surface area contributed by atoms with Crippen molar-refractivity contribution >= 4 is 18.7 Å². The molecule has 0 saturated heterocycles. The number of benzene rings is 4. The van der Waals surface area contributed by atoms with Gasteiger partial charge in [-0.05, 0) is 54.2 Å². The monoisotopic (exact) mass is 560 g/mol. The van der Waals surface area contributed by atoms with E-state index in [0.717, 1.165) is 0 Å². The van der Waals surface area contributed by atoms with Crippen molar-refractivity contribution < 1.29 is 9.16 Å². The Bertz CT molecular complexity index is 1420. The number of hydrogen-bond donors (Lipinski definition) is 0. The normalized spacial score (nSPS) is 19.3. The van der Waals surface area contributed by atoms with Crippen LogP contribution in [-0.2, 0) is 9.16 Å². The van der Waals surface area contributed by atoms with Gasteiger partial charge in [0.15, 0.2) is 0 Å². The molecule has 0 unspecified atom stereocenters. The lowest BCUT2D eigenvalue weighted by Crippen LogP contribution is -2.67. The highest BCUT2D eigenvalue weighted by atomic mass is 28.4. The van der Waals surface area contributed by atoms with Crippen molar-refractivity contribution in [1.82, 2.24) is 0 Å². The summed E-state index contributed by atoms with van der Waals surface area (Å²) in [7, 11) is -2.71. The highest BCUT2D eigenvalue weighted by Gasteiger charge is 2.51. The Kier molecular flexibility index (Phi) is 8.51. The van der Waals surface area contributed by atoms with Crippen LogP contribution in [0.1, 0.15) is 66.2 Å². The number of ether oxygens (including phenoxy) is 1. The van der Waals surface area contributed by atoms with Crippen LogP contribution in [-0.4, -0.2) is 21.0 Å². The molecule has 0 N–H and O–H groups in total. The van der Waals surface area contributed by atoms with Crippen LogP contribution >= 0.6 is 0 Å². The second-order valence-corrected chi connectivity index (χ2v) is 17.1. The van der Waals surface area contributed by atoms with Crippen molar-refractivity contribution in [2.24, 2.45) is 0 Å². The van der Waals surface area contributed by atoms with Gasteiger partial charge in [-0.3, -0.25) is 0 Å². The summed E-state index contributed by atoms with van der Waals surface area (Å²) < 4.78 is 14.4. The first kappa shape index (κ1) is 29.3. The second-order valence-electron chi connectivity index (χ2n) is 12.8. The molecule has 4 aromatic carbocycles. The number of hydrogen-bond acceptors (Lipinski definition) is 2. The van der Waals surface area contributed by atoms with Gasteiger partial charge in [-0.25, -0.2) is 0 Å². The molecule has 0 amide bonds. The van der Waals surface area contributed by atoms with E-state index < -0.39 is 8.32 Å². The molecule has 5 rings (SSSR count). The second kappa shape index (κ2) is 11.9. The lowest BCUT2D eigenvalue weighted by molar-refractivity contribution is -0.0321. The number of aryl methyl sites for hydroxylation is 4. The van der Waals surface area contributed by atoms with Gasteiger partial charge in [0.25, 0.3) is 8.32 Å². The molecule has 0 bridgehead atoms. The number of rotatable bonds is 7. The van der Waals surface area contributed by atoms with Crippen LogP contribution in [0.3, 0.4) is 0 Å². The zero-order valence-corrected chi connectivity index (χ0v) is 26.6. The lowest BCUT2D eigenvalue weighted by atomic mass is 9.88. The maximum absolute atomic E-state index is 7.43. The molecule has 212 valence electrons. The summed E-state index contributed by atoms with van der Waals surface area (Å²) in [4.78, 5) is 0. The largest absolute Gasteiger partial charge is 0.405 e. The smallest absolute Gasteiger partial charge is 0.261 e. The van der Waals surface area contributed by atoms with E-state index in [1.165, 1.54) is 43.8 Å². The highest BCUT2D eigenvalue weighted by molar-refractivity contribution is 6.99. The topological polar surface area (TPSA) is 18.5 Å². The molecule has 0 saturated carbocycles. The first-order valence-electron chi connectivity index (χ1n) is 14.8. The fourth-order valence-corrected chi connectivity index (χ4v) is 11.2. The summed E-state index contributed by atoms with van der Waals surface area (Å²) >= 11 is 0. The minimum atomic E-state index is -2.71. The van der Waals surface area contributed by atoms with Gasteiger partial charge in [0, 0.05) is 5.92 Å². The van der Waals surface area contributed by atoms with Gasteiger partial charge in [0.2, 0.25) is 0 Å². The molecule has 41 heavy (non-hydrogen) atoms. The summed E-state index contributed by atoms with van der Waals surface area (Å²) in [5, 5.41) is 2.49. The Morgan fingerprint density at radius 2 is 1.10 bits per heavy atom. The Labute approximate surface area is 248 Å². The molecule has 1 heterocycles. The van der Waals surface area contributed by atoms with Crippen molar-refractivity contribution in [3.05, 3.63) is 143 Å². The third-order valence-corrected chi connectivity index (χ3v) is 13.3. The summed E-state index contributed by atoms with van der Waals surface area (Å²) in [5.74, 6) is 0.106.